The Morgan fingerprint density at radius 3 is 1.01 bits per heavy atom. The average Bonchev–Trinajstić information content (AvgIpc) is 4.43. The van der Waals surface area contributed by atoms with Gasteiger partial charge in [-0.2, -0.15) is 47.2 Å². The summed E-state index contributed by atoms with van der Waals surface area (Å²) < 4.78 is 18.0. The lowest BCUT2D eigenvalue weighted by Gasteiger charge is -1.70. The van der Waals surface area contributed by atoms with Crippen LogP contribution >= 0.6 is 11.3 Å². The standard InChI is InChI=1S/2C5H5N.2C4H4N2.2C4H5N.C4H4O.C4H4S.3C3H4N2.3C3H3NO.2C2H3N3.10CH4/c2*1-2-4-6-5-3-1;1-2-6-4-3-5-1;1-2-4-6-5-3-1;4*1-2-4-5-3-1;2*1-2-5-3-4-1;1-2-4-5-3-1;3*1-2-5-3-4-1;2*1-2-4-5-3-1;;;;;;;;;;/h2*1-5H;2*1-4H;1,3-4H,2H2;1-5H;2*1-4H;1,3H,2H2;2*1-3H,(H,4,5);3*1-3H;1H,2H2;1-2H,(H,3,4,5);10*1H4. The second-order valence-electron chi connectivity index (χ2n) is 13.0. The Bertz CT molecular complexity index is 2230. The third-order valence-electron chi connectivity index (χ3n) is 6.96. The van der Waals surface area contributed by atoms with Gasteiger partial charge in [0.05, 0.1) is 69.1 Å². The van der Waals surface area contributed by atoms with Crippen molar-refractivity contribution in [1.29, 1.82) is 0 Å². The van der Waals surface area contributed by atoms with E-state index in [1.807, 2.05) is 126 Å². The molecule has 28 heteroatoms. The Hall–Kier alpha value is -12.1. The maximum atomic E-state index is 4.58. The summed E-state index contributed by atoms with van der Waals surface area (Å²) in [4.78, 5) is 46.1. The summed E-state index contributed by atoms with van der Waals surface area (Å²) in [6.45, 7) is 1.44. The van der Waals surface area contributed by atoms with E-state index in [0.717, 1.165) is 13.0 Å². The van der Waals surface area contributed by atoms with Crippen LogP contribution in [0.2, 0.25) is 0 Å². The van der Waals surface area contributed by atoms with Crippen LogP contribution in [-0.2, 0) is 0 Å². The molecule has 13 aromatic rings. The topological polar surface area (TPSA) is 357 Å². The van der Waals surface area contributed by atoms with Gasteiger partial charge in [-0.15, -0.1) is 5.10 Å². The number of nitrogens with one attached hydrogen (secondary N) is 4. The minimum atomic E-state index is 0. The molecule has 13 aromatic heterocycles. The molecule has 94 heavy (non-hydrogen) atoms. The fourth-order valence-corrected chi connectivity index (χ4v) is 4.16. The fraction of sp³-hybridized carbons (Fsp3) is 0.197. The quantitative estimate of drug-likeness (QED) is 0.110. The average molecular weight is 1310 g/mol. The molecule has 0 saturated heterocycles. The maximum Gasteiger partial charge on any atom is 0.180 e. The van der Waals surface area contributed by atoms with Gasteiger partial charge in [0, 0.05) is 124 Å². The molecule has 0 aromatic carbocycles. The first-order valence-electron chi connectivity index (χ1n) is 24.3. The number of furan rings is 1. The Morgan fingerprint density at radius 1 is 0.351 bits per heavy atom. The largest absolute Gasteiger partial charge is 0.473 e. The Morgan fingerprint density at radius 2 is 0.872 bits per heavy atom. The Kier molecular flexibility index (Phi) is 110. The molecule has 0 bridgehead atoms. The molecule has 0 unspecified atom stereocenters. The molecular weight excluding hydrogens is 1210 g/mol. The summed E-state index contributed by atoms with van der Waals surface area (Å²) in [5.74, 6) is 0. The number of allylic oxidation sites excluding steroid dienone is 1. The summed E-state index contributed by atoms with van der Waals surface area (Å²) in [5.41, 5.74) is 0. The number of H-pyrrole nitrogens is 4. The Labute approximate surface area is 562 Å². The van der Waals surface area contributed by atoms with E-state index in [-0.39, 0.29) is 74.3 Å². The molecule has 16 rings (SSSR count). The van der Waals surface area contributed by atoms with E-state index in [9.17, 15) is 0 Å². The zero-order chi connectivity index (χ0) is 59.4. The number of oxazole rings is 3. The van der Waals surface area contributed by atoms with Gasteiger partial charge in [-0.05, 0) is 82.7 Å². The van der Waals surface area contributed by atoms with Crippen LogP contribution in [0, 0.1) is 0 Å². The molecule has 0 fully saturated rings. The SMILES string of the molecule is C.C.C.C.C.C.C.C.C.C.C1=CN=CC1.C1=NC=NC1.C1=NN=NC1.c1c[nH]cn1.c1cc[nH]c1.c1ccncc1.c1ccncc1.c1ccnnc1.c1ccoc1.c1ccsc1.c1cn[nH]c1.c1cn[nH]n1.c1cnccn1.c1cocn1.c1cocn1.c1cocn1. The molecule has 0 radical (unpaired) electrons. The number of hydrogen-bond donors (Lipinski definition) is 4. The molecule has 27 nitrogen and oxygen atoms in total. The van der Waals surface area contributed by atoms with Gasteiger partial charge in [-0.3, -0.25) is 35.0 Å². The van der Waals surface area contributed by atoms with E-state index in [1.54, 1.807) is 173 Å². The highest BCUT2D eigenvalue weighted by Crippen LogP contribution is 1.91. The van der Waals surface area contributed by atoms with Crippen LogP contribution in [0.3, 0.4) is 0 Å². The van der Waals surface area contributed by atoms with Crippen LogP contribution in [0.5, 0.6) is 0 Å². The summed E-state index contributed by atoms with van der Waals surface area (Å²) in [5, 5.41) is 36.9. The molecule has 16 heterocycles. The van der Waals surface area contributed by atoms with E-state index in [1.165, 1.54) is 38.0 Å². The molecule has 512 valence electrons. The highest BCUT2D eigenvalue weighted by molar-refractivity contribution is 7.07. The lowest BCUT2D eigenvalue weighted by atomic mass is 10.5. The number of aromatic amines is 4. The lowest BCUT2D eigenvalue weighted by Crippen LogP contribution is -1.69. The van der Waals surface area contributed by atoms with Gasteiger partial charge in [0.25, 0.3) is 0 Å². The molecule has 3 aliphatic heterocycles. The number of aliphatic imine (C=N–C) groups is 3. The van der Waals surface area contributed by atoms with E-state index in [0.29, 0.717) is 6.54 Å². The first-order chi connectivity index (χ1) is 42.0. The summed E-state index contributed by atoms with van der Waals surface area (Å²) in [6, 6.07) is 28.5. The van der Waals surface area contributed by atoms with Crippen molar-refractivity contribution < 1.29 is 17.7 Å². The number of pyridine rings is 2. The van der Waals surface area contributed by atoms with Gasteiger partial charge in [0.2, 0.25) is 0 Å². The number of thiophene rings is 1. The van der Waals surface area contributed by atoms with Gasteiger partial charge >= 0.3 is 0 Å². The third-order valence-corrected chi connectivity index (χ3v) is 7.59. The highest BCUT2D eigenvalue weighted by atomic mass is 32.1. The van der Waals surface area contributed by atoms with Gasteiger partial charge < -0.3 is 27.6 Å². The van der Waals surface area contributed by atoms with Crippen LogP contribution in [0.15, 0.2) is 349 Å². The van der Waals surface area contributed by atoms with Crippen molar-refractivity contribution in [3.63, 3.8) is 0 Å². The number of hydrogen-bond acceptors (Lipinski definition) is 24. The second-order valence-corrected chi connectivity index (χ2v) is 13.8. The molecule has 0 atom stereocenters. The number of nitrogens with zero attached hydrogens (tertiary/aromatic N) is 19. The predicted molar refractivity (Wildman–Crippen MR) is 389 cm³/mol. The van der Waals surface area contributed by atoms with Crippen molar-refractivity contribution in [2.45, 2.75) is 80.7 Å². The fourth-order valence-electron chi connectivity index (χ4n) is 3.71. The summed E-state index contributed by atoms with van der Waals surface area (Å²) in [7, 11) is 0. The van der Waals surface area contributed by atoms with Crippen molar-refractivity contribution in [2.75, 3.05) is 13.1 Å². The molecule has 0 aliphatic carbocycles. The smallest absolute Gasteiger partial charge is 0.180 e. The van der Waals surface area contributed by atoms with Crippen LogP contribution in [0.1, 0.15) is 80.7 Å². The molecule has 0 saturated carbocycles. The lowest BCUT2D eigenvalue weighted by molar-refractivity contribution is 0.557. The van der Waals surface area contributed by atoms with Gasteiger partial charge in [0.15, 0.2) is 19.2 Å². The van der Waals surface area contributed by atoms with Gasteiger partial charge in [-0.25, -0.2) is 24.9 Å². The molecule has 3 aliphatic rings. The van der Waals surface area contributed by atoms with Crippen LogP contribution in [0.25, 0.3) is 0 Å². The minimum Gasteiger partial charge on any atom is -0.473 e. The highest BCUT2D eigenvalue weighted by Gasteiger charge is 1.76. The molecule has 0 spiro atoms. The minimum absolute atomic E-state index is 0. The van der Waals surface area contributed by atoms with Crippen molar-refractivity contribution in [3.05, 3.63) is 301 Å². The van der Waals surface area contributed by atoms with E-state index >= 15 is 0 Å². The Balaban J connectivity index is -0.0000000994. The first kappa shape index (κ1) is 104. The van der Waals surface area contributed by atoms with E-state index < -0.39 is 0 Å². The summed E-state index contributed by atoms with van der Waals surface area (Å²) in [6.07, 6.45) is 60.7. The van der Waals surface area contributed by atoms with Crippen molar-refractivity contribution in [3.8, 4) is 0 Å². The van der Waals surface area contributed by atoms with Gasteiger partial charge in [-0.1, -0.05) is 105 Å². The van der Waals surface area contributed by atoms with Crippen molar-refractivity contribution in [2.24, 2.45) is 30.4 Å². The second kappa shape index (κ2) is 99.9. The number of rotatable bonds is 0. The van der Waals surface area contributed by atoms with Crippen LogP contribution in [0.4, 0.5) is 0 Å². The summed E-state index contributed by atoms with van der Waals surface area (Å²) >= 11 is 1.71. The van der Waals surface area contributed by atoms with E-state index in [2.05, 4.69) is 134 Å². The monoisotopic (exact) mass is 1310 g/mol. The van der Waals surface area contributed by atoms with Crippen molar-refractivity contribution >= 4 is 36.3 Å². The molecule has 0 amide bonds. The number of imidazole rings is 1. The van der Waals surface area contributed by atoms with Crippen LogP contribution in [-0.4, -0.2) is 124 Å². The molecule has 4 N–H and O–H groups in total. The van der Waals surface area contributed by atoms with Crippen molar-refractivity contribution in [1.82, 2.24) is 85.6 Å². The zero-order valence-corrected chi connectivity index (χ0v) is 46.1. The normalized spacial score (nSPS) is 8.68. The van der Waals surface area contributed by atoms with Crippen LogP contribution < -0.4 is 0 Å². The molecular formula is C66H103N23O4S. The number of aromatic nitrogens is 17. The third kappa shape index (κ3) is 96.2. The van der Waals surface area contributed by atoms with Gasteiger partial charge in [0.1, 0.15) is 25.1 Å². The zero-order valence-electron chi connectivity index (χ0n) is 45.3. The first-order valence-corrected chi connectivity index (χ1v) is 25.3. The maximum absolute atomic E-state index is 4.58. The predicted octanol–water partition coefficient (Wildman–Crippen LogP) is 17.7. The van der Waals surface area contributed by atoms with E-state index in [4.69, 9.17) is 0 Å².